The Labute approximate surface area is 238 Å². The second kappa shape index (κ2) is 14.0. The lowest BCUT2D eigenvalue weighted by atomic mass is 9.67. The smallest absolute Gasteiger partial charge is 0.312 e. The van der Waals surface area contributed by atoms with Crippen LogP contribution < -0.4 is 4.74 Å². The lowest BCUT2D eigenvalue weighted by Crippen LogP contribution is -2.39. The molecule has 1 heterocycles. The summed E-state index contributed by atoms with van der Waals surface area (Å²) >= 11 is 0. The summed E-state index contributed by atoms with van der Waals surface area (Å²) in [5, 5.41) is 0. The first-order chi connectivity index (χ1) is 19.1. The largest absolute Gasteiger partial charge is 0.497 e. The van der Waals surface area contributed by atoms with E-state index in [2.05, 4.69) is 0 Å². The molecule has 40 heavy (non-hydrogen) atoms. The number of ketones is 2. The molecule has 2 saturated carbocycles. The van der Waals surface area contributed by atoms with Crippen LogP contribution in [-0.4, -0.2) is 54.9 Å². The molecule has 1 aliphatic heterocycles. The molecule has 1 spiro atoms. The Morgan fingerprint density at radius 1 is 0.975 bits per heavy atom. The number of likely N-dealkylation sites (tertiary alicyclic amines) is 1. The van der Waals surface area contributed by atoms with Crippen molar-refractivity contribution in [1.82, 2.24) is 4.90 Å². The number of hydrogen-bond acceptors (Lipinski definition) is 7. The molecule has 0 aromatic heterocycles. The van der Waals surface area contributed by atoms with E-state index < -0.39 is 5.41 Å². The molecular weight excluding hydrogens is 510 g/mol. The Bertz CT molecular complexity index is 1070. The topological polar surface area (TPSA) is 107 Å². The summed E-state index contributed by atoms with van der Waals surface area (Å²) in [6, 6.07) is 7.88. The first kappa shape index (κ1) is 31.5. The van der Waals surface area contributed by atoms with Crippen LogP contribution in [-0.2, 0) is 35.3 Å². The maximum Gasteiger partial charge on any atom is 0.312 e. The molecule has 8 nitrogen and oxygen atoms in total. The number of hydrogen-bond donors (Lipinski definition) is 0. The van der Waals surface area contributed by atoms with Crippen molar-refractivity contribution in [2.45, 2.75) is 91.5 Å². The molecule has 4 rings (SSSR count). The number of rotatable bonds is 9. The van der Waals surface area contributed by atoms with E-state index in [1.807, 2.05) is 29.2 Å². The van der Waals surface area contributed by atoms with Crippen LogP contribution in [0.4, 0.5) is 0 Å². The first-order valence-corrected chi connectivity index (χ1v) is 14.6. The van der Waals surface area contributed by atoms with Gasteiger partial charge in [0.05, 0.1) is 24.5 Å². The van der Waals surface area contributed by atoms with Gasteiger partial charge in [0.25, 0.3) is 0 Å². The third-order valence-electron chi connectivity index (χ3n) is 9.16. The van der Waals surface area contributed by atoms with Gasteiger partial charge in [-0.1, -0.05) is 25.0 Å². The molecule has 0 bridgehead atoms. The minimum Gasteiger partial charge on any atom is -0.497 e. The molecule has 3 aliphatic rings. The van der Waals surface area contributed by atoms with Gasteiger partial charge in [-0.05, 0) is 83.4 Å². The zero-order valence-electron chi connectivity index (χ0n) is 24.5. The van der Waals surface area contributed by atoms with Crippen LogP contribution in [0.5, 0.6) is 5.75 Å². The monoisotopic (exact) mass is 555 g/mol. The fourth-order valence-corrected chi connectivity index (χ4v) is 6.73. The molecule has 0 unspecified atom stereocenters. The predicted molar refractivity (Wildman–Crippen MR) is 150 cm³/mol. The van der Waals surface area contributed by atoms with Gasteiger partial charge in [-0.15, -0.1) is 0 Å². The van der Waals surface area contributed by atoms with Gasteiger partial charge in [-0.25, -0.2) is 0 Å². The SMILES string of the molecule is CCOC(=O)[C@]1(CC=O)CCC[C@@H](C(C)=O)C1.COc1ccc(CN2CC[C@]3(CCC[C@@H](C(C)=O)C3)C2=O)cc1. The van der Waals surface area contributed by atoms with Crippen molar-refractivity contribution in [3.63, 3.8) is 0 Å². The van der Waals surface area contributed by atoms with Crippen LogP contribution in [0.15, 0.2) is 24.3 Å². The van der Waals surface area contributed by atoms with E-state index in [-0.39, 0.29) is 47.1 Å². The minimum atomic E-state index is -0.758. The van der Waals surface area contributed by atoms with Crippen LogP contribution in [0.25, 0.3) is 0 Å². The molecule has 8 heteroatoms. The zero-order chi connectivity index (χ0) is 29.3. The fourth-order valence-electron chi connectivity index (χ4n) is 6.73. The molecular formula is C32H45NO7. The van der Waals surface area contributed by atoms with Crippen molar-refractivity contribution < 1.29 is 33.4 Å². The van der Waals surface area contributed by atoms with Crippen LogP contribution in [0.2, 0.25) is 0 Å². The summed E-state index contributed by atoms with van der Waals surface area (Å²) in [5.41, 5.74) is 0.0862. The number of esters is 1. The summed E-state index contributed by atoms with van der Waals surface area (Å²) in [7, 11) is 1.65. The van der Waals surface area contributed by atoms with Crippen molar-refractivity contribution in [1.29, 1.82) is 0 Å². The quantitative estimate of drug-likeness (QED) is 0.308. The highest BCUT2D eigenvalue weighted by molar-refractivity contribution is 5.87. The standard InChI is InChI=1S/C19H25NO3.C13H20O4/c1-14(21)16-4-3-9-19(12-16)10-11-20(18(19)22)13-15-5-7-17(23-2)8-6-15;1-3-17-12(16)13(7-8-14)6-4-5-11(9-13)10(2)15/h5-8,16H,3-4,9-13H2,1-2H3;8,11H,3-7,9H2,1-2H3/t16-,19+;11-,13+/m11/s1. The number of benzene rings is 1. The number of aldehydes is 1. The van der Waals surface area contributed by atoms with Crippen LogP contribution >= 0.6 is 0 Å². The Morgan fingerprint density at radius 3 is 2.17 bits per heavy atom. The van der Waals surface area contributed by atoms with Gasteiger partial charge < -0.3 is 19.2 Å². The van der Waals surface area contributed by atoms with E-state index in [1.54, 1.807) is 27.9 Å². The molecule has 1 aromatic carbocycles. The lowest BCUT2D eigenvalue weighted by molar-refractivity contribution is -0.160. The number of carbonyl (C=O) groups is 5. The summed E-state index contributed by atoms with van der Waals surface area (Å²) in [5.74, 6) is 1.07. The minimum absolute atomic E-state index is 0.0774. The molecule has 1 amide bonds. The van der Waals surface area contributed by atoms with Gasteiger partial charge in [-0.2, -0.15) is 0 Å². The first-order valence-electron chi connectivity index (χ1n) is 14.6. The van der Waals surface area contributed by atoms with Crippen molar-refractivity contribution in [3.8, 4) is 5.75 Å². The normalized spacial score (nSPS) is 27.9. The molecule has 0 N–H and O–H groups in total. The molecule has 2 aliphatic carbocycles. The van der Waals surface area contributed by atoms with Gasteiger partial charge >= 0.3 is 5.97 Å². The molecule has 1 aromatic rings. The molecule has 0 radical (unpaired) electrons. The van der Waals surface area contributed by atoms with E-state index >= 15 is 0 Å². The summed E-state index contributed by atoms with van der Waals surface area (Å²) in [6.07, 6.45) is 8.17. The van der Waals surface area contributed by atoms with Gasteiger partial charge in [0.2, 0.25) is 5.91 Å². The maximum atomic E-state index is 13.0. The number of carbonyl (C=O) groups excluding carboxylic acids is 5. The highest BCUT2D eigenvalue weighted by Crippen LogP contribution is 2.47. The molecule has 220 valence electrons. The summed E-state index contributed by atoms with van der Waals surface area (Å²) in [4.78, 5) is 60.9. The second-order valence-corrected chi connectivity index (χ2v) is 11.8. The Kier molecular flexibility index (Phi) is 11.1. The predicted octanol–water partition coefficient (Wildman–Crippen LogP) is 5.10. The number of ether oxygens (including phenoxy) is 2. The lowest BCUT2D eigenvalue weighted by Gasteiger charge is -2.36. The Hall–Kier alpha value is -3.03. The zero-order valence-corrected chi connectivity index (χ0v) is 24.5. The third-order valence-corrected chi connectivity index (χ3v) is 9.16. The Balaban J connectivity index is 0.000000232. The van der Waals surface area contributed by atoms with Gasteiger partial charge in [0, 0.05) is 31.3 Å². The van der Waals surface area contributed by atoms with E-state index in [0.29, 0.717) is 26.0 Å². The average molecular weight is 556 g/mol. The van der Waals surface area contributed by atoms with Crippen molar-refractivity contribution >= 4 is 29.7 Å². The van der Waals surface area contributed by atoms with E-state index in [4.69, 9.17) is 9.47 Å². The highest BCUT2D eigenvalue weighted by atomic mass is 16.5. The van der Waals surface area contributed by atoms with Crippen molar-refractivity contribution in [2.24, 2.45) is 22.7 Å². The van der Waals surface area contributed by atoms with Crippen LogP contribution in [0.1, 0.15) is 90.5 Å². The van der Waals surface area contributed by atoms with Crippen LogP contribution in [0.3, 0.4) is 0 Å². The maximum absolute atomic E-state index is 13.0. The van der Waals surface area contributed by atoms with Crippen molar-refractivity contribution in [2.75, 3.05) is 20.3 Å². The second-order valence-electron chi connectivity index (χ2n) is 11.8. The average Bonchev–Trinajstić information content (AvgIpc) is 3.23. The molecule has 4 atom stereocenters. The molecule has 1 saturated heterocycles. The fraction of sp³-hybridized carbons (Fsp3) is 0.656. The molecule has 3 fully saturated rings. The van der Waals surface area contributed by atoms with E-state index in [0.717, 1.165) is 69.1 Å². The summed E-state index contributed by atoms with van der Waals surface area (Å²) < 4.78 is 10.2. The number of Topliss-reactive ketones (excluding diaryl/α,β-unsaturated/α-hetero) is 2. The highest BCUT2D eigenvalue weighted by Gasteiger charge is 2.49. The van der Waals surface area contributed by atoms with E-state index in [9.17, 15) is 24.0 Å². The van der Waals surface area contributed by atoms with Crippen molar-refractivity contribution in [3.05, 3.63) is 29.8 Å². The third kappa shape index (κ3) is 7.38. The van der Waals surface area contributed by atoms with Gasteiger partial charge in [0.1, 0.15) is 23.6 Å². The van der Waals surface area contributed by atoms with Crippen LogP contribution in [0, 0.1) is 22.7 Å². The number of nitrogens with zero attached hydrogens (tertiary/aromatic N) is 1. The number of methoxy groups -OCH3 is 1. The summed E-state index contributed by atoms with van der Waals surface area (Å²) in [6.45, 7) is 6.72. The van der Waals surface area contributed by atoms with Gasteiger partial charge in [0.15, 0.2) is 0 Å². The Morgan fingerprint density at radius 2 is 1.60 bits per heavy atom. The van der Waals surface area contributed by atoms with Gasteiger partial charge in [-0.3, -0.25) is 19.2 Å². The number of amides is 1. The van der Waals surface area contributed by atoms with E-state index in [1.165, 1.54) is 0 Å².